The first-order valence-electron chi connectivity index (χ1n) is 6.63. The van der Waals surface area contributed by atoms with E-state index in [1.165, 1.54) is 7.11 Å². The Morgan fingerprint density at radius 3 is 2.60 bits per heavy atom. The minimum absolute atomic E-state index is 0.243. The number of ether oxygens (including phenoxy) is 3. The molecule has 0 saturated carbocycles. The van der Waals surface area contributed by atoms with Gasteiger partial charge in [0.05, 0.1) is 13.2 Å². The Balaban J connectivity index is 2.61. The normalized spacial score (nSPS) is 10.8. The zero-order chi connectivity index (χ0) is 15.0. The van der Waals surface area contributed by atoms with Crippen molar-refractivity contribution in [1.82, 2.24) is 9.97 Å². The first-order valence-corrected chi connectivity index (χ1v) is 6.63. The molecule has 0 atom stereocenters. The van der Waals surface area contributed by atoms with Crippen molar-refractivity contribution in [2.45, 2.75) is 33.0 Å². The van der Waals surface area contributed by atoms with Crippen LogP contribution in [0.4, 0.5) is 11.5 Å². The lowest BCUT2D eigenvalue weighted by molar-refractivity contribution is 0.0787. The first kappa shape index (κ1) is 16.5. The molecular formula is C13H24N4O3. The van der Waals surface area contributed by atoms with Crippen LogP contribution < -0.4 is 15.8 Å². The van der Waals surface area contributed by atoms with E-state index in [9.17, 15) is 0 Å². The van der Waals surface area contributed by atoms with E-state index in [1.54, 1.807) is 7.11 Å². The van der Waals surface area contributed by atoms with E-state index >= 15 is 0 Å². The molecule has 0 aliphatic carbocycles. The molecule has 0 radical (unpaired) electrons. The van der Waals surface area contributed by atoms with Gasteiger partial charge < -0.3 is 25.3 Å². The number of methoxy groups -OCH3 is 2. The molecule has 1 heterocycles. The van der Waals surface area contributed by atoms with Crippen LogP contribution in [-0.2, 0) is 16.1 Å². The summed E-state index contributed by atoms with van der Waals surface area (Å²) >= 11 is 0. The summed E-state index contributed by atoms with van der Waals surface area (Å²) in [6.45, 7) is 5.73. The van der Waals surface area contributed by atoms with Crippen LogP contribution in [0.3, 0.4) is 0 Å². The van der Waals surface area contributed by atoms with E-state index in [2.05, 4.69) is 15.3 Å². The van der Waals surface area contributed by atoms with Crippen molar-refractivity contribution < 1.29 is 14.2 Å². The molecule has 1 rings (SSSR count). The van der Waals surface area contributed by atoms with E-state index in [4.69, 9.17) is 19.9 Å². The Kier molecular flexibility index (Phi) is 7.03. The third-order valence-electron chi connectivity index (χ3n) is 2.49. The number of nitrogens with zero attached hydrogens (tertiary/aromatic N) is 2. The molecule has 3 N–H and O–H groups in total. The van der Waals surface area contributed by atoms with Crippen LogP contribution in [0.5, 0.6) is 5.88 Å². The SMILES string of the molecule is COCc1nc(NCCCOC(C)C)c(N)c(OC)n1. The van der Waals surface area contributed by atoms with Crippen molar-refractivity contribution in [1.29, 1.82) is 0 Å². The van der Waals surface area contributed by atoms with Crippen molar-refractivity contribution in [3.05, 3.63) is 5.82 Å². The maximum Gasteiger partial charge on any atom is 0.242 e. The summed E-state index contributed by atoms with van der Waals surface area (Å²) in [5.74, 6) is 1.45. The average Bonchev–Trinajstić information content (AvgIpc) is 2.41. The Hall–Kier alpha value is -1.60. The van der Waals surface area contributed by atoms with Gasteiger partial charge in [-0.25, -0.2) is 4.98 Å². The van der Waals surface area contributed by atoms with Crippen LogP contribution in [0, 0.1) is 0 Å². The molecule has 0 spiro atoms. The van der Waals surface area contributed by atoms with Gasteiger partial charge in [-0.1, -0.05) is 0 Å². The average molecular weight is 284 g/mol. The van der Waals surface area contributed by atoms with Crippen LogP contribution in [0.15, 0.2) is 0 Å². The maximum atomic E-state index is 5.94. The first-order chi connectivity index (χ1) is 9.58. The molecule has 0 aliphatic rings. The lowest BCUT2D eigenvalue weighted by Gasteiger charge is -2.13. The minimum Gasteiger partial charge on any atom is -0.479 e. The van der Waals surface area contributed by atoms with Gasteiger partial charge in [0.1, 0.15) is 12.3 Å². The summed E-state index contributed by atoms with van der Waals surface area (Å²) in [5, 5.41) is 3.17. The fourth-order valence-corrected chi connectivity index (χ4v) is 1.58. The smallest absolute Gasteiger partial charge is 0.242 e. The molecule has 0 unspecified atom stereocenters. The summed E-state index contributed by atoms with van der Waals surface area (Å²) in [5.41, 5.74) is 6.34. The molecular weight excluding hydrogens is 260 g/mol. The van der Waals surface area contributed by atoms with E-state index in [1.807, 2.05) is 13.8 Å². The second-order valence-corrected chi connectivity index (χ2v) is 4.54. The van der Waals surface area contributed by atoms with Crippen molar-refractivity contribution >= 4 is 11.5 Å². The molecule has 0 saturated heterocycles. The summed E-state index contributed by atoms with van der Waals surface area (Å²) in [7, 11) is 3.11. The predicted molar refractivity (Wildman–Crippen MR) is 77.9 cm³/mol. The number of nitrogen functional groups attached to an aromatic ring is 1. The standard InChI is InChI=1S/C13H24N4O3/c1-9(2)20-7-5-6-15-12-11(14)13(19-4)17-10(16-12)8-18-3/h9H,5-8,14H2,1-4H3,(H,15,16,17). The zero-order valence-corrected chi connectivity index (χ0v) is 12.6. The van der Waals surface area contributed by atoms with Crippen LogP contribution in [0.2, 0.25) is 0 Å². The molecule has 0 fully saturated rings. The molecule has 7 nitrogen and oxygen atoms in total. The molecule has 0 bridgehead atoms. The molecule has 114 valence electrons. The monoisotopic (exact) mass is 284 g/mol. The van der Waals surface area contributed by atoms with Gasteiger partial charge in [0.25, 0.3) is 0 Å². The van der Waals surface area contributed by atoms with Crippen molar-refractivity contribution in [2.24, 2.45) is 0 Å². The number of nitrogens with one attached hydrogen (secondary N) is 1. The van der Waals surface area contributed by atoms with Gasteiger partial charge in [0, 0.05) is 20.3 Å². The minimum atomic E-state index is 0.243. The van der Waals surface area contributed by atoms with Crippen LogP contribution in [0.1, 0.15) is 26.1 Å². The quantitative estimate of drug-likeness (QED) is 0.663. The lowest BCUT2D eigenvalue weighted by atomic mass is 10.4. The van der Waals surface area contributed by atoms with Gasteiger partial charge in [-0.15, -0.1) is 0 Å². The number of hydrogen-bond donors (Lipinski definition) is 2. The van der Waals surface area contributed by atoms with Crippen LogP contribution >= 0.6 is 0 Å². The highest BCUT2D eigenvalue weighted by Crippen LogP contribution is 2.25. The van der Waals surface area contributed by atoms with E-state index in [0.717, 1.165) is 6.42 Å². The molecule has 0 aromatic carbocycles. The maximum absolute atomic E-state index is 5.94. The van der Waals surface area contributed by atoms with Crippen molar-refractivity contribution in [3.8, 4) is 5.88 Å². The highest BCUT2D eigenvalue weighted by molar-refractivity contribution is 5.66. The number of rotatable bonds is 9. The summed E-state index contributed by atoms with van der Waals surface area (Å²) < 4.78 is 15.6. The number of aromatic nitrogens is 2. The third-order valence-corrected chi connectivity index (χ3v) is 2.49. The van der Waals surface area contributed by atoms with Crippen molar-refractivity contribution in [2.75, 3.05) is 38.4 Å². The number of nitrogens with two attached hydrogens (primary N) is 1. The zero-order valence-electron chi connectivity index (χ0n) is 12.6. The summed E-state index contributed by atoms with van der Waals surface area (Å²) in [6, 6.07) is 0. The van der Waals surface area contributed by atoms with Crippen molar-refractivity contribution in [3.63, 3.8) is 0 Å². The van der Waals surface area contributed by atoms with E-state index in [-0.39, 0.29) is 6.10 Å². The number of hydrogen-bond acceptors (Lipinski definition) is 7. The Morgan fingerprint density at radius 1 is 1.25 bits per heavy atom. The largest absolute Gasteiger partial charge is 0.479 e. The number of anilines is 2. The third kappa shape index (κ3) is 5.18. The van der Waals surface area contributed by atoms with Crippen LogP contribution in [0.25, 0.3) is 0 Å². The van der Waals surface area contributed by atoms with Gasteiger partial charge in [-0.2, -0.15) is 4.98 Å². The fourth-order valence-electron chi connectivity index (χ4n) is 1.58. The second-order valence-electron chi connectivity index (χ2n) is 4.54. The summed E-state index contributed by atoms with van der Waals surface area (Å²) in [4.78, 5) is 8.47. The Bertz CT molecular complexity index is 413. The second kappa shape index (κ2) is 8.55. The van der Waals surface area contributed by atoms with Crippen LogP contribution in [-0.4, -0.2) is 43.4 Å². The van der Waals surface area contributed by atoms with Gasteiger partial charge in [-0.05, 0) is 20.3 Å². The molecule has 20 heavy (non-hydrogen) atoms. The Morgan fingerprint density at radius 2 is 2.00 bits per heavy atom. The highest BCUT2D eigenvalue weighted by atomic mass is 16.5. The molecule has 1 aromatic rings. The highest BCUT2D eigenvalue weighted by Gasteiger charge is 2.11. The summed E-state index contributed by atoms with van der Waals surface area (Å²) in [6.07, 6.45) is 1.11. The van der Waals surface area contributed by atoms with E-state index < -0.39 is 0 Å². The topological polar surface area (TPSA) is 91.5 Å². The lowest BCUT2D eigenvalue weighted by Crippen LogP contribution is -2.13. The molecule has 7 heteroatoms. The van der Waals surface area contributed by atoms with Gasteiger partial charge in [-0.3, -0.25) is 0 Å². The van der Waals surface area contributed by atoms with Gasteiger partial charge in [0.15, 0.2) is 11.6 Å². The predicted octanol–water partition coefficient (Wildman–Crippen LogP) is 1.44. The molecule has 0 aliphatic heterocycles. The van der Waals surface area contributed by atoms with Gasteiger partial charge in [0.2, 0.25) is 5.88 Å². The molecule has 1 aromatic heterocycles. The fraction of sp³-hybridized carbons (Fsp3) is 0.692. The Labute approximate surface area is 119 Å². The van der Waals surface area contributed by atoms with E-state index in [0.29, 0.717) is 43.0 Å². The van der Waals surface area contributed by atoms with Gasteiger partial charge >= 0.3 is 0 Å². The molecule has 0 amide bonds.